The van der Waals surface area contributed by atoms with Crippen molar-refractivity contribution in [1.82, 2.24) is 29.6 Å². The molecule has 0 unspecified atom stereocenters. The number of ether oxygens (including phenoxy) is 3. The SMILES string of the molecule is COC(=O)N1CCN(N2CC3(CCN(c4ccc(C(=O)NS(=O)(=O)c5cc6c(c([N+](=O)[O-])c5)N[C@@H]([C@H]5CC[C@](C)(O)CC5)CO6)c(Oc5cnc6[nH]cc(F)c6c5)c4)CC3)C2)[C@H](c2ccccc2C(C)C)C1. The van der Waals surface area contributed by atoms with E-state index in [-0.39, 0.29) is 75.6 Å². The number of fused-ring (bicyclic) bond motifs is 2. The first kappa shape index (κ1) is 49.0. The van der Waals surface area contributed by atoms with Crippen LogP contribution in [0.2, 0.25) is 0 Å². The molecule has 0 radical (unpaired) electrons. The number of sulfonamides is 1. The van der Waals surface area contributed by atoms with Crippen LogP contribution in [0.1, 0.15) is 92.7 Å². The van der Waals surface area contributed by atoms with E-state index in [2.05, 4.69) is 73.0 Å². The number of piperazine rings is 1. The third kappa shape index (κ3) is 9.61. The van der Waals surface area contributed by atoms with E-state index in [1.807, 2.05) is 0 Å². The molecule has 2 atom stereocenters. The van der Waals surface area contributed by atoms with Gasteiger partial charge in [0.1, 0.15) is 29.6 Å². The van der Waals surface area contributed by atoms with Crippen molar-refractivity contribution in [2.75, 3.05) is 69.7 Å². The first-order chi connectivity index (χ1) is 34.4. The minimum Gasteiger partial charge on any atom is -0.489 e. The van der Waals surface area contributed by atoms with Gasteiger partial charge in [-0.25, -0.2) is 37.3 Å². The van der Waals surface area contributed by atoms with Gasteiger partial charge in [-0.3, -0.25) is 14.9 Å². The van der Waals surface area contributed by atoms with Gasteiger partial charge in [-0.2, -0.15) is 0 Å². The second-order valence-corrected chi connectivity index (χ2v) is 22.3. The zero-order valence-corrected chi connectivity index (χ0v) is 41.5. The third-order valence-electron chi connectivity index (χ3n) is 15.5. The number of aliphatic hydroxyl groups is 1. The number of amides is 2. The molecule has 19 nitrogen and oxygen atoms in total. The van der Waals surface area contributed by atoms with E-state index in [4.69, 9.17) is 14.2 Å². The lowest BCUT2D eigenvalue weighted by Crippen LogP contribution is -2.68. The predicted molar refractivity (Wildman–Crippen MR) is 265 cm³/mol. The summed E-state index contributed by atoms with van der Waals surface area (Å²) in [6.07, 6.45) is 6.46. The molecule has 3 aromatic carbocycles. The fraction of sp³-hybridized carbons (Fsp3) is 0.471. The number of carbonyl (C=O) groups excluding carboxylic acids is 2. The number of H-pyrrole nitrogens is 1. The summed E-state index contributed by atoms with van der Waals surface area (Å²) in [5, 5.41) is 31.1. The summed E-state index contributed by atoms with van der Waals surface area (Å²) in [4.78, 5) is 49.0. The lowest BCUT2D eigenvalue weighted by Gasteiger charge is -2.60. The number of rotatable bonds is 11. The maximum absolute atomic E-state index is 14.7. The molecular formula is C51H60FN9O10S. The average molecular weight is 1010 g/mol. The van der Waals surface area contributed by atoms with Gasteiger partial charge in [0.15, 0.2) is 11.4 Å². The number of halogens is 1. The van der Waals surface area contributed by atoms with Crippen molar-refractivity contribution in [3.63, 3.8) is 0 Å². The number of pyridine rings is 1. The van der Waals surface area contributed by atoms with E-state index in [1.165, 1.54) is 42.8 Å². The molecule has 1 spiro atoms. The van der Waals surface area contributed by atoms with Crippen LogP contribution >= 0.6 is 0 Å². The fourth-order valence-corrected chi connectivity index (χ4v) is 12.3. The maximum Gasteiger partial charge on any atom is 0.409 e. The standard InChI is InChI=1S/C51H60FN9O10S/c1-31(2)36-7-5-6-8-37(36)43-27-58(49(63)69-4)19-20-60(43)59-29-51(30-59)15-17-57(18-16-51)33-9-10-38(44(21-33)71-34-22-39-40(52)26-54-47(39)53-25-34)48(62)56-72(67,68)35-23-42(61(65)66)46-45(24-35)70-28-41(55-46)32-11-13-50(3,64)14-12-32/h5-10,21-26,31-32,41,43,55,64H,11-20,27-30H2,1-4H3,(H,53,54)(H,56,62)/t32-,41-,43+,50-/m1/s1. The Kier molecular flexibility index (Phi) is 13.0. The lowest BCUT2D eigenvalue weighted by atomic mass is 9.72. The number of hydrogen-bond donors (Lipinski definition) is 4. The summed E-state index contributed by atoms with van der Waals surface area (Å²) in [7, 11) is -3.33. The summed E-state index contributed by atoms with van der Waals surface area (Å²) in [6.45, 7) is 11.1. The molecule has 4 N–H and O–H groups in total. The molecule has 72 heavy (non-hydrogen) atoms. The molecule has 382 valence electrons. The number of hydrogen-bond acceptors (Lipinski definition) is 15. The summed E-state index contributed by atoms with van der Waals surface area (Å²) < 4.78 is 62.2. The van der Waals surface area contributed by atoms with Crippen molar-refractivity contribution >= 4 is 50.1 Å². The number of carbonyl (C=O) groups is 2. The van der Waals surface area contributed by atoms with Gasteiger partial charge in [0.2, 0.25) is 0 Å². The predicted octanol–water partition coefficient (Wildman–Crippen LogP) is 7.70. The Morgan fingerprint density at radius 1 is 1.03 bits per heavy atom. The zero-order chi connectivity index (χ0) is 50.7. The zero-order valence-electron chi connectivity index (χ0n) is 40.7. The van der Waals surface area contributed by atoms with Crippen LogP contribution in [0.15, 0.2) is 78.0 Å². The number of nitro benzene ring substituents is 1. The first-order valence-electron chi connectivity index (χ1n) is 24.5. The number of aromatic amines is 1. The van der Waals surface area contributed by atoms with Crippen LogP contribution < -0.4 is 24.4 Å². The number of anilines is 2. The van der Waals surface area contributed by atoms with Crippen molar-refractivity contribution in [3.8, 4) is 17.2 Å². The van der Waals surface area contributed by atoms with Crippen LogP contribution in [0.5, 0.6) is 17.2 Å². The van der Waals surface area contributed by atoms with Gasteiger partial charge in [0.05, 0.1) is 51.8 Å². The van der Waals surface area contributed by atoms with Gasteiger partial charge in [0.25, 0.3) is 21.6 Å². The molecule has 3 saturated heterocycles. The van der Waals surface area contributed by atoms with E-state index < -0.39 is 42.9 Å². The van der Waals surface area contributed by atoms with Crippen molar-refractivity contribution in [2.45, 2.75) is 87.8 Å². The molecule has 1 aliphatic carbocycles. The summed E-state index contributed by atoms with van der Waals surface area (Å²) in [5.74, 6) is -1.23. The van der Waals surface area contributed by atoms with Crippen molar-refractivity contribution in [3.05, 3.63) is 106 Å². The van der Waals surface area contributed by atoms with Crippen LogP contribution in [0.3, 0.4) is 0 Å². The summed E-state index contributed by atoms with van der Waals surface area (Å²) in [6, 6.07) is 16.4. The number of aromatic nitrogens is 2. The van der Waals surface area contributed by atoms with Crippen molar-refractivity contribution in [2.24, 2.45) is 11.3 Å². The molecular weight excluding hydrogens is 950 g/mol. The molecule has 0 bridgehead atoms. The molecule has 4 fully saturated rings. The highest BCUT2D eigenvalue weighted by Crippen LogP contribution is 2.47. The second-order valence-electron chi connectivity index (χ2n) is 20.6. The minimum absolute atomic E-state index is 0.0227. The number of hydrazine groups is 1. The molecule has 2 amide bonds. The molecule has 1 saturated carbocycles. The molecule has 21 heteroatoms. The molecule has 2 aromatic heterocycles. The Hall–Kier alpha value is -6.55. The fourth-order valence-electron chi connectivity index (χ4n) is 11.3. The number of nitrogens with one attached hydrogen (secondary N) is 3. The van der Waals surface area contributed by atoms with Crippen LogP contribution in [-0.4, -0.2) is 127 Å². The summed E-state index contributed by atoms with van der Waals surface area (Å²) >= 11 is 0. The largest absolute Gasteiger partial charge is 0.489 e. The third-order valence-corrected chi connectivity index (χ3v) is 16.8. The highest BCUT2D eigenvalue weighted by molar-refractivity contribution is 7.90. The van der Waals surface area contributed by atoms with Crippen LogP contribution in [-0.2, 0) is 14.8 Å². The van der Waals surface area contributed by atoms with E-state index in [9.17, 15) is 37.6 Å². The van der Waals surface area contributed by atoms with Crippen molar-refractivity contribution in [1.29, 1.82) is 0 Å². The van der Waals surface area contributed by atoms with Gasteiger partial charge < -0.3 is 39.4 Å². The van der Waals surface area contributed by atoms with E-state index in [1.54, 1.807) is 24.0 Å². The monoisotopic (exact) mass is 1010 g/mol. The topological polar surface area (TPSA) is 225 Å². The molecule has 5 aliphatic rings. The van der Waals surface area contributed by atoms with Gasteiger partial charge in [-0.15, -0.1) is 0 Å². The van der Waals surface area contributed by atoms with E-state index in [0.29, 0.717) is 70.0 Å². The Bertz CT molecular complexity index is 3020. The minimum atomic E-state index is -4.75. The maximum atomic E-state index is 14.7. The van der Waals surface area contributed by atoms with Crippen LogP contribution in [0, 0.1) is 27.3 Å². The quantitative estimate of drug-likeness (QED) is 0.0735. The smallest absolute Gasteiger partial charge is 0.409 e. The molecule has 4 aliphatic heterocycles. The number of nitrogens with zero attached hydrogens (tertiary/aromatic N) is 6. The Morgan fingerprint density at radius 2 is 1.78 bits per heavy atom. The molecule has 10 rings (SSSR count). The molecule has 5 aromatic rings. The Labute approximate surface area is 416 Å². The molecule has 6 heterocycles. The van der Waals surface area contributed by atoms with Gasteiger partial charge >= 0.3 is 6.09 Å². The second kappa shape index (κ2) is 19.1. The highest BCUT2D eigenvalue weighted by Gasteiger charge is 2.49. The number of piperidine rings is 1. The average Bonchev–Trinajstić information content (AvgIpc) is 3.73. The summed E-state index contributed by atoms with van der Waals surface area (Å²) in [5.41, 5.74) is 2.08. The van der Waals surface area contributed by atoms with E-state index >= 15 is 0 Å². The van der Waals surface area contributed by atoms with Gasteiger partial charge in [-0.1, -0.05) is 38.1 Å². The highest BCUT2D eigenvalue weighted by atomic mass is 32.2. The first-order valence-corrected chi connectivity index (χ1v) is 26.0. The Balaban J connectivity index is 0.863. The van der Waals surface area contributed by atoms with Crippen LogP contribution in [0.4, 0.5) is 26.2 Å². The van der Waals surface area contributed by atoms with E-state index in [0.717, 1.165) is 38.1 Å². The van der Waals surface area contributed by atoms with Crippen molar-refractivity contribution < 1.29 is 46.6 Å². The lowest BCUT2D eigenvalue weighted by molar-refractivity contribution is -0.384. The van der Waals surface area contributed by atoms with Gasteiger partial charge in [-0.05, 0) is 86.6 Å². The normalized spacial score (nSPS) is 23.5. The number of benzene rings is 3. The Morgan fingerprint density at radius 3 is 2.50 bits per heavy atom. The van der Waals surface area contributed by atoms with Gasteiger partial charge in [0, 0.05) is 81.3 Å². The van der Waals surface area contributed by atoms with Crippen LogP contribution in [0.25, 0.3) is 11.0 Å². The number of methoxy groups -OCH3 is 1. The number of nitro groups is 1.